The minimum absolute atomic E-state index is 0.232. The van der Waals surface area contributed by atoms with Gasteiger partial charge in [0.2, 0.25) is 0 Å². The van der Waals surface area contributed by atoms with Crippen molar-refractivity contribution < 1.29 is 5.11 Å². The highest BCUT2D eigenvalue weighted by Crippen LogP contribution is 2.11. The number of aliphatic hydroxyl groups excluding tert-OH is 1. The van der Waals surface area contributed by atoms with Crippen molar-refractivity contribution in [1.29, 1.82) is 0 Å². The highest BCUT2D eigenvalue weighted by Gasteiger charge is 2.08. The third-order valence-electron chi connectivity index (χ3n) is 2.71. The lowest BCUT2D eigenvalue weighted by Gasteiger charge is -2.15. The van der Waals surface area contributed by atoms with Crippen LogP contribution in [-0.4, -0.2) is 27.7 Å². The van der Waals surface area contributed by atoms with Gasteiger partial charge in [0.15, 0.2) is 0 Å². The molecule has 0 aliphatic rings. The van der Waals surface area contributed by atoms with Crippen molar-refractivity contribution in [2.24, 2.45) is 5.92 Å². The van der Waals surface area contributed by atoms with Gasteiger partial charge in [-0.15, -0.1) is 0 Å². The molecule has 1 unspecified atom stereocenters. The number of nitrogens with one attached hydrogen (secondary N) is 1. The fraction of sp³-hybridized carbons (Fsp3) is 0.385. The first-order valence-corrected chi connectivity index (χ1v) is 5.80. The second kappa shape index (κ2) is 5.10. The van der Waals surface area contributed by atoms with Crippen molar-refractivity contribution in [3.63, 3.8) is 0 Å². The molecule has 0 spiro atoms. The Bertz CT molecular complexity index is 499. The van der Waals surface area contributed by atoms with Crippen molar-refractivity contribution in [3.05, 3.63) is 30.5 Å². The monoisotopic (exact) mass is 231 g/mol. The first-order chi connectivity index (χ1) is 8.16. The predicted molar refractivity (Wildman–Crippen MR) is 68.9 cm³/mol. The van der Waals surface area contributed by atoms with E-state index < -0.39 is 0 Å². The van der Waals surface area contributed by atoms with Gasteiger partial charge in [-0.25, -0.2) is 4.98 Å². The summed E-state index contributed by atoms with van der Waals surface area (Å²) in [5, 5.41) is 12.8. The Kier molecular flexibility index (Phi) is 3.54. The molecule has 17 heavy (non-hydrogen) atoms. The minimum atomic E-state index is -0.372. The zero-order valence-electron chi connectivity index (χ0n) is 10.1. The number of rotatable bonds is 4. The van der Waals surface area contributed by atoms with E-state index in [2.05, 4.69) is 15.3 Å². The molecule has 0 saturated heterocycles. The van der Waals surface area contributed by atoms with Crippen LogP contribution in [0.4, 0.5) is 5.82 Å². The fourth-order valence-corrected chi connectivity index (χ4v) is 1.49. The van der Waals surface area contributed by atoms with Crippen LogP contribution in [0, 0.1) is 5.92 Å². The van der Waals surface area contributed by atoms with Gasteiger partial charge in [-0.2, -0.15) is 0 Å². The molecule has 1 heterocycles. The van der Waals surface area contributed by atoms with Crippen LogP contribution in [0.15, 0.2) is 30.5 Å². The maximum absolute atomic E-state index is 9.69. The summed E-state index contributed by atoms with van der Waals surface area (Å²) in [5.74, 6) is 0.930. The number of hydrogen-bond donors (Lipinski definition) is 2. The van der Waals surface area contributed by atoms with Gasteiger partial charge in [-0.05, 0) is 18.1 Å². The van der Waals surface area contributed by atoms with Crippen LogP contribution in [0.1, 0.15) is 13.8 Å². The zero-order chi connectivity index (χ0) is 12.3. The Morgan fingerprint density at radius 3 is 2.65 bits per heavy atom. The number of fused-ring (bicyclic) bond motifs is 1. The molecule has 0 bridgehead atoms. The lowest BCUT2D eigenvalue weighted by atomic mass is 10.1. The van der Waals surface area contributed by atoms with Crippen molar-refractivity contribution in [2.45, 2.75) is 20.0 Å². The van der Waals surface area contributed by atoms with Crippen LogP contribution in [0.25, 0.3) is 11.0 Å². The highest BCUT2D eigenvalue weighted by molar-refractivity contribution is 5.75. The van der Waals surface area contributed by atoms with Crippen molar-refractivity contribution in [1.82, 2.24) is 9.97 Å². The fourth-order valence-electron chi connectivity index (χ4n) is 1.49. The number of nitrogens with zero attached hydrogens (tertiary/aromatic N) is 2. The van der Waals surface area contributed by atoms with E-state index in [0.717, 1.165) is 11.0 Å². The molecule has 4 nitrogen and oxygen atoms in total. The van der Waals surface area contributed by atoms with Crippen molar-refractivity contribution in [2.75, 3.05) is 11.9 Å². The van der Waals surface area contributed by atoms with E-state index >= 15 is 0 Å². The standard InChI is InChI=1S/C13H17N3O/c1-9(2)12(17)7-15-13-8-14-10-5-3-4-6-11(10)16-13/h3-6,8-9,12,17H,7H2,1-2H3,(H,15,16). The van der Waals surface area contributed by atoms with E-state index in [1.54, 1.807) is 6.20 Å². The number of para-hydroxylation sites is 2. The molecule has 1 aromatic carbocycles. The Hall–Kier alpha value is -1.68. The Balaban J connectivity index is 2.09. The average Bonchev–Trinajstić information content (AvgIpc) is 2.35. The van der Waals surface area contributed by atoms with E-state index in [-0.39, 0.29) is 12.0 Å². The Labute approximate surface area is 101 Å². The quantitative estimate of drug-likeness (QED) is 0.845. The summed E-state index contributed by atoms with van der Waals surface area (Å²) in [4.78, 5) is 8.72. The Morgan fingerprint density at radius 2 is 1.94 bits per heavy atom. The van der Waals surface area contributed by atoms with Crippen LogP contribution in [0.5, 0.6) is 0 Å². The molecule has 0 amide bonds. The van der Waals surface area contributed by atoms with Crippen LogP contribution in [-0.2, 0) is 0 Å². The van der Waals surface area contributed by atoms with E-state index in [4.69, 9.17) is 0 Å². The first-order valence-electron chi connectivity index (χ1n) is 5.80. The smallest absolute Gasteiger partial charge is 0.145 e. The normalized spacial score (nSPS) is 12.9. The second-order valence-corrected chi connectivity index (χ2v) is 4.44. The van der Waals surface area contributed by atoms with Gasteiger partial charge in [0.1, 0.15) is 5.82 Å². The van der Waals surface area contributed by atoms with E-state index in [9.17, 15) is 5.11 Å². The zero-order valence-corrected chi connectivity index (χ0v) is 10.1. The molecule has 1 aromatic heterocycles. The highest BCUT2D eigenvalue weighted by atomic mass is 16.3. The Morgan fingerprint density at radius 1 is 1.24 bits per heavy atom. The van der Waals surface area contributed by atoms with Crippen LogP contribution in [0.3, 0.4) is 0 Å². The molecule has 0 aliphatic heterocycles. The topological polar surface area (TPSA) is 58.0 Å². The predicted octanol–water partition coefficient (Wildman–Crippen LogP) is 2.06. The summed E-state index contributed by atoms with van der Waals surface area (Å²) in [6.07, 6.45) is 1.32. The number of anilines is 1. The summed E-state index contributed by atoms with van der Waals surface area (Å²) in [7, 11) is 0. The lowest BCUT2D eigenvalue weighted by molar-refractivity contribution is 0.138. The molecule has 4 heteroatoms. The van der Waals surface area contributed by atoms with Crippen molar-refractivity contribution >= 4 is 16.9 Å². The molecule has 2 N–H and O–H groups in total. The maximum Gasteiger partial charge on any atom is 0.145 e. The third-order valence-corrected chi connectivity index (χ3v) is 2.71. The molecule has 90 valence electrons. The molecule has 0 saturated carbocycles. The maximum atomic E-state index is 9.69. The molecular weight excluding hydrogens is 214 g/mol. The van der Waals surface area contributed by atoms with Gasteiger partial charge < -0.3 is 10.4 Å². The van der Waals surface area contributed by atoms with Crippen LogP contribution < -0.4 is 5.32 Å². The molecule has 2 aromatic rings. The van der Waals surface area contributed by atoms with E-state index in [1.165, 1.54) is 0 Å². The minimum Gasteiger partial charge on any atom is -0.391 e. The molecule has 0 fully saturated rings. The van der Waals surface area contributed by atoms with Gasteiger partial charge in [-0.1, -0.05) is 26.0 Å². The summed E-state index contributed by atoms with van der Waals surface area (Å²) in [6, 6.07) is 7.72. The molecule has 0 aliphatic carbocycles. The summed E-state index contributed by atoms with van der Waals surface area (Å²) < 4.78 is 0. The second-order valence-electron chi connectivity index (χ2n) is 4.44. The molecule has 1 atom stereocenters. The van der Waals surface area contributed by atoms with E-state index in [1.807, 2.05) is 38.1 Å². The van der Waals surface area contributed by atoms with Gasteiger partial charge in [0, 0.05) is 6.54 Å². The first kappa shape index (κ1) is 11.8. The average molecular weight is 231 g/mol. The van der Waals surface area contributed by atoms with Gasteiger partial charge >= 0.3 is 0 Å². The number of aromatic nitrogens is 2. The SMILES string of the molecule is CC(C)C(O)CNc1cnc2ccccc2n1. The van der Waals surface area contributed by atoms with Crippen molar-refractivity contribution in [3.8, 4) is 0 Å². The van der Waals surface area contributed by atoms with Crippen LogP contribution in [0.2, 0.25) is 0 Å². The number of aliphatic hydroxyl groups is 1. The summed E-state index contributed by atoms with van der Waals surface area (Å²) >= 11 is 0. The lowest BCUT2D eigenvalue weighted by Crippen LogP contribution is -2.25. The van der Waals surface area contributed by atoms with Crippen LogP contribution >= 0.6 is 0 Å². The molecule has 0 radical (unpaired) electrons. The largest absolute Gasteiger partial charge is 0.391 e. The third kappa shape index (κ3) is 2.91. The van der Waals surface area contributed by atoms with Gasteiger partial charge in [0.25, 0.3) is 0 Å². The van der Waals surface area contributed by atoms with E-state index in [0.29, 0.717) is 12.4 Å². The molecular formula is C13H17N3O. The van der Waals surface area contributed by atoms with Gasteiger partial charge in [0.05, 0.1) is 23.3 Å². The number of hydrogen-bond acceptors (Lipinski definition) is 4. The summed E-state index contributed by atoms with van der Waals surface area (Å²) in [6.45, 7) is 4.46. The number of benzene rings is 1. The summed E-state index contributed by atoms with van der Waals surface area (Å²) in [5.41, 5.74) is 1.74. The van der Waals surface area contributed by atoms with Gasteiger partial charge in [-0.3, -0.25) is 4.98 Å². The molecule has 2 rings (SSSR count).